The summed E-state index contributed by atoms with van der Waals surface area (Å²) in [6.07, 6.45) is 3.56. The Labute approximate surface area is 166 Å². The van der Waals surface area contributed by atoms with Gasteiger partial charge in [0.1, 0.15) is 5.75 Å². The minimum Gasteiger partial charge on any atom is -0.496 e. The molecule has 2 heterocycles. The lowest BCUT2D eigenvalue weighted by Gasteiger charge is -2.21. The van der Waals surface area contributed by atoms with E-state index in [1.807, 2.05) is 12.1 Å². The van der Waals surface area contributed by atoms with E-state index in [1.54, 1.807) is 31.1 Å². The third-order valence-corrected chi connectivity index (χ3v) is 5.30. The van der Waals surface area contributed by atoms with Crippen LogP contribution in [0.1, 0.15) is 25.3 Å². The van der Waals surface area contributed by atoms with Crippen molar-refractivity contribution < 1.29 is 23.8 Å². The van der Waals surface area contributed by atoms with E-state index in [-0.39, 0.29) is 17.6 Å². The van der Waals surface area contributed by atoms with Crippen molar-refractivity contribution in [2.75, 3.05) is 27.4 Å². The number of allylic oxidation sites excluding steroid dienone is 1. The van der Waals surface area contributed by atoms with Gasteiger partial charge in [-0.3, -0.25) is 4.79 Å². The standard InChI is InChI=1S/C20H22BrNO5/c1-12-18(20(24)26-3)16(10-13-9-14(21)6-7-17(13)25-2)19(23)22(12)11-15-5-4-8-27-15/h6-7,9-10,15H,4-5,8,11H2,1-3H3/b16-10-/t15-/m0/s1. The molecule has 0 unspecified atom stereocenters. The molecule has 6 nitrogen and oxygen atoms in total. The fourth-order valence-corrected chi connectivity index (χ4v) is 3.79. The van der Waals surface area contributed by atoms with E-state index < -0.39 is 5.97 Å². The Balaban J connectivity index is 2.03. The van der Waals surface area contributed by atoms with Crippen LogP contribution >= 0.6 is 15.9 Å². The summed E-state index contributed by atoms with van der Waals surface area (Å²) in [5.41, 5.74) is 1.86. The number of carbonyl (C=O) groups excluding carboxylic acids is 2. The minimum atomic E-state index is -0.532. The number of carbonyl (C=O) groups is 2. The lowest BCUT2D eigenvalue weighted by molar-refractivity contribution is -0.136. The smallest absolute Gasteiger partial charge is 0.340 e. The monoisotopic (exact) mass is 435 g/mol. The van der Waals surface area contributed by atoms with Crippen molar-refractivity contribution in [2.24, 2.45) is 0 Å². The normalized spacial score (nSPS) is 21.3. The van der Waals surface area contributed by atoms with Crippen molar-refractivity contribution in [3.63, 3.8) is 0 Å². The zero-order valence-electron chi connectivity index (χ0n) is 15.6. The number of rotatable bonds is 5. The Morgan fingerprint density at radius 1 is 1.41 bits per heavy atom. The zero-order chi connectivity index (χ0) is 19.6. The van der Waals surface area contributed by atoms with Crippen LogP contribution in [0.2, 0.25) is 0 Å². The molecule has 3 rings (SSSR count). The SMILES string of the molecule is COC(=O)C1=C(C)N(C[C@@H]2CCCO2)C(=O)/C1=C\c1cc(Br)ccc1OC. The van der Waals surface area contributed by atoms with Crippen molar-refractivity contribution >= 4 is 33.9 Å². The second-order valence-corrected chi connectivity index (χ2v) is 7.36. The van der Waals surface area contributed by atoms with Gasteiger partial charge in [-0.2, -0.15) is 0 Å². The molecule has 2 aliphatic heterocycles. The fraction of sp³-hybridized carbons (Fsp3) is 0.400. The number of hydrogen-bond donors (Lipinski definition) is 0. The molecule has 0 spiro atoms. The first-order valence-corrected chi connectivity index (χ1v) is 9.53. The second kappa shape index (κ2) is 8.27. The summed E-state index contributed by atoms with van der Waals surface area (Å²) in [4.78, 5) is 27.1. The molecule has 144 valence electrons. The lowest BCUT2D eigenvalue weighted by Crippen LogP contribution is -2.33. The van der Waals surface area contributed by atoms with Gasteiger partial charge in [-0.1, -0.05) is 15.9 Å². The van der Waals surface area contributed by atoms with Gasteiger partial charge in [0, 0.05) is 22.3 Å². The number of amides is 1. The molecule has 0 radical (unpaired) electrons. The summed E-state index contributed by atoms with van der Waals surface area (Å²) in [5, 5.41) is 0. The molecular formula is C20H22BrNO5. The van der Waals surface area contributed by atoms with E-state index in [2.05, 4.69) is 15.9 Å². The number of halogens is 1. The Bertz CT molecular complexity index is 824. The van der Waals surface area contributed by atoms with Gasteiger partial charge in [0.2, 0.25) is 0 Å². The van der Waals surface area contributed by atoms with E-state index in [0.717, 1.165) is 17.3 Å². The molecule has 1 aromatic carbocycles. The number of hydrogen-bond acceptors (Lipinski definition) is 5. The van der Waals surface area contributed by atoms with Crippen LogP contribution in [0.4, 0.5) is 0 Å². The number of ether oxygens (including phenoxy) is 3. The first kappa shape index (κ1) is 19.6. The van der Waals surface area contributed by atoms with Gasteiger partial charge in [0.05, 0.1) is 38.0 Å². The largest absolute Gasteiger partial charge is 0.496 e. The van der Waals surface area contributed by atoms with Crippen molar-refractivity contribution in [3.8, 4) is 5.75 Å². The van der Waals surface area contributed by atoms with Gasteiger partial charge in [0.25, 0.3) is 5.91 Å². The summed E-state index contributed by atoms with van der Waals surface area (Å²) < 4.78 is 16.8. The summed E-state index contributed by atoms with van der Waals surface area (Å²) in [6, 6.07) is 5.49. The van der Waals surface area contributed by atoms with Crippen LogP contribution in [0, 0.1) is 0 Å². The van der Waals surface area contributed by atoms with Crippen LogP contribution in [0.25, 0.3) is 6.08 Å². The number of benzene rings is 1. The molecule has 0 aromatic heterocycles. The molecule has 1 amide bonds. The van der Waals surface area contributed by atoms with Gasteiger partial charge in [0.15, 0.2) is 0 Å². The predicted molar refractivity (Wildman–Crippen MR) is 104 cm³/mol. The first-order chi connectivity index (χ1) is 13.0. The fourth-order valence-electron chi connectivity index (χ4n) is 3.41. The molecular weight excluding hydrogens is 414 g/mol. The third-order valence-electron chi connectivity index (χ3n) is 4.80. The minimum absolute atomic E-state index is 0.0115. The van der Waals surface area contributed by atoms with Crippen LogP contribution < -0.4 is 4.74 Å². The van der Waals surface area contributed by atoms with Gasteiger partial charge >= 0.3 is 5.97 Å². The van der Waals surface area contributed by atoms with Crippen LogP contribution in [-0.2, 0) is 19.1 Å². The Kier molecular flexibility index (Phi) is 6.01. The molecule has 0 saturated carbocycles. The van der Waals surface area contributed by atoms with E-state index in [1.165, 1.54) is 7.11 Å². The second-order valence-electron chi connectivity index (χ2n) is 6.45. The number of esters is 1. The van der Waals surface area contributed by atoms with Crippen LogP contribution in [-0.4, -0.2) is 50.3 Å². The molecule has 0 aliphatic carbocycles. The zero-order valence-corrected chi connectivity index (χ0v) is 17.2. The highest BCUT2D eigenvalue weighted by molar-refractivity contribution is 9.10. The summed E-state index contributed by atoms with van der Waals surface area (Å²) >= 11 is 3.43. The summed E-state index contributed by atoms with van der Waals surface area (Å²) in [7, 11) is 2.88. The Hall–Kier alpha value is -2.12. The maximum Gasteiger partial charge on any atom is 0.340 e. The lowest BCUT2D eigenvalue weighted by atomic mass is 10.0. The van der Waals surface area contributed by atoms with Gasteiger partial charge in [-0.15, -0.1) is 0 Å². The molecule has 7 heteroatoms. The number of nitrogens with zero attached hydrogens (tertiary/aromatic N) is 1. The maximum absolute atomic E-state index is 13.1. The molecule has 1 atom stereocenters. The van der Waals surface area contributed by atoms with E-state index in [9.17, 15) is 9.59 Å². The average Bonchev–Trinajstić information content (AvgIpc) is 3.24. The molecule has 1 aromatic rings. The van der Waals surface area contributed by atoms with E-state index >= 15 is 0 Å². The first-order valence-electron chi connectivity index (χ1n) is 8.74. The van der Waals surface area contributed by atoms with Crippen molar-refractivity contribution in [1.29, 1.82) is 0 Å². The third kappa shape index (κ3) is 3.94. The highest BCUT2D eigenvalue weighted by atomic mass is 79.9. The summed E-state index contributed by atoms with van der Waals surface area (Å²) in [5.74, 6) is -0.153. The molecule has 1 fully saturated rings. The van der Waals surface area contributed by atoms with Gasteiger partial charge < -0.3 is 19.1 Å². The maximum atomic E-state index is 13.1. The van der Waals surface area contributed by atoms with Gasteiger partial charge in [-0.25, -0.2) is 4.79 Å². The molecule has 1 saturated heterocycles. The topological polar surface area (TPSA) is 65.1 Å². The average molecular weight is 436 g/mol. The highest BCUT2D eigenvalue weighted by Gasteiger charge is 2.38. The van der Waals surface area contributed by atoms with E-state index in [0.29, 0.717) is 35.7 Å². The van der Waals surface area contributed by atoms with E-state index in [4.69, 9.17) is 14.2 Å². The molecule has 0 N–H and O–H groups in total. The quantitative estimate of drug-likeness (QED) is 0.524. The summed E-state index contributed by atoms with van der Waals surface area (Å²) in [6.45, 7) is 2.90. The van der Waals surface area contributed by atoms with Crippen molar-refractivity contribution in [1.82, 2.24) is 4.90 Å². The van der Waals surface area contributed by atoms with Gasteiger partial charge in [-0.05, 0) is 44.0 Å². The van der Waals surface area contributed by atoms with Crippen molar-refractivity contribution in [2.45, 2.75) is 25.9 Å². The van der Waals surface area contributed by atoms with Crippen LogP contribution in [0.3, 0.4) is 0 Å². The molecule has 27 heavy (non-hydrogen) atoms. The van der Waals surface area contributed by atoms with Crippen LogP contribution in [0.15, 0.2) is 39.5 Å². The predicted octanol–water partition coefficient (Wildman–Crippen LogP) is 3.31. The molecule has 0 bridgehead atoms. The number of methoxy groups -OCH3 is 2. The van der Waals surface area contributed by atoms with Crippen molar-refractivity contribution in [3.05, 3.63) is 45.1 Å². The Morgan fingerprint density at radius 2 is 2.19 bits per heavy atom. The van der Waals surface area contributed by atoms with Crippen LogP contribution in [0.5, 0.6) is 5.75 Å². The Morgan fingerprint density at radius 3 is 2.81 bits per heavy atom. The molecule has 2 aliphatic rings. The highest BCUT2D eigenvalue weighted by Crippen LogP contribution is 2.34.